The molecule has 0 heterocycles. The van der Waals surface area contributed by atoms with Gasteiger partial charge in [0.1, 0.15) is 6.61 Å². The molecule has 0 saturated carbocycles. The van der Waals surface area contributed by atoms with Gasteiger partial charge in [-0.2, -0.15) is 0 Å². The number of hydrogen-bond donors (Lipinski definition) is 1. The SMILES string of the molecule is CC(C)Cc1cccc(C(N)CCOCC(F)F)c1. The molecule has 0 aliphatic carbocycles. The van der Waals surface area contributed by atoms with E-state index in [0.29, 0.717) is 12.3 Å². The maximum Gasteiger partial charge on any atom is 0.261 e. The fourth-order valence-corrected chi connectivity index (χ4v) is 1.97. The molecule has 2 N–H and O–H groups in total. The highest BCUT2D eigenvalue weighted by atomic mass is 19.3. The van der Waals surface area contributed by atoms with Gasteiger partial charge in [-0.1, -0.05) is 38.1 Å². The maximum atomic E-state index is 11.9. The van der Waals surface area contributed by atoms with Gasteiger partial charge in [-0.25, -0.2) is 8.78 Å². The van der Waals surface area contributed by atoms with E-state index >= 15 is 0 Å². The van der Waals surface area contributed by atoms with E-state index in [1.54, 1.807) is 0 Å². The van der Waals surface area contributed by atoms with E-state index in [4.69, 9.17) is 10.5 Å². The Kier molecular flexibility index (Phi) is 6.95. The first kappa shape index (κ1) is 16.1. The van der Waals surface area contributed by atoms with Crippen molar-refractivity contribution in [3.63, 3.8) is 0 Å². The molecule has 19 heavy (non-hydrogen) atoms. The molecular formula is C15H23F2NO. The van der Waals surface area contributed by atoms with Gasteiger partial charge >= 0.3 is 0 Å². The summed E-state index contributed by atoms with van der Waals surface area (Å²) in [6, 6.07) is 7.99. The quantitative estimate of drug-likeness (QED) is 0.734. The molecule has 2 nitrogen and oxygen atoms in total. The van der Waals surface area contributed by atoms with Crippen molar-refractivity contribution < 1.29 is 13.5 Å². The Morgan fingerprint density at radius 3 is 2.63 bits per heavy atom. The number of halogens is 2. The van der Waals surface area contributed by atoms with Crippen LogP contribution in [0.2, 0.25) is 0 Å². The molecule has 108 valence electrons. The molecule has 0 aromatic heterocycles. The van der Waals surface area contributed by atoms with Crippen molar-refractivity contribution in [2.24, 2.45) is 11.7 Å². The van der Waals surface area contributed by atoms with Crippen LogP contribution in [0.3, 0.4) is 0 Å². The Morgan fingerprint density at radius 1 is 1.26 bits per heavy atom. The number of nitrogens with two attached hydrogens (primary N) is 1. The highest BCUT2D eigenvalue weighted by Gasteiger charge is 2.08. The van der Waals surface area contributed by atoms with Crippen LogP contribution in [0.25, 0.3) is 0 Å². The fraction of sp³-hybridized carbons (Fsp3) is 0.600. The average molecular weight is 271 g/mol. The van der Waals surface area contributed by atoms with Crippen LogP contribution >= 0.6 is 0 Å². The van der Waals surface area contributed by atoms with E-state index in [-0.39, 0.29) is 12.6 Å². The monoisotopic (exact) mass is 271 g/mol. The zero-order valence-corrected chi connectivity index (χ0v) is 11.6. The van der Waals surface area contributed by atoms with E-state index in [1.165, 1.54) is 5.56 Å². The second kappa shape index (κ2) is 8.23. The summed E-state index contributed by atoms with van der Waals surface area (Å²) in [5, 5.41) is 0. The lowest BCUT2D eigenvalue weighted by molar-refractivity contribution is 0.0152. The van der Waals surface area contributed by atoms with Crippen LogP contribution in [-0.2, 0) is 11.2 Å². The average Bonchev–Trinajstić information content (AvgIpc) is 2.33. The highest BCUT2D eigenvalue weighted by molar-refractivity contribution is 5.26. The lowest BCUT2D eigenvalue weighted by atomic mass is 9.97. The van der Waals surface area contributed by atoms with Gasteiger partial charge in [-0.3, -0.25) is 0 Å². The van der Waals surface area contributed by atoms with Gasteiger partial charge in [0, 0.05) is 12.6 Å². The molecule has 0 radical (unpaired) electrons. The molecule has 1 unspecified atom stereocenters. The predicted octanol–water partition coefficient (Wildman–Crippen LogP) is 3.56. The van der Waals surface area contributed by atoms with Crippen LogP contribution in [0.5, 0.6) is 0 Å². The summed E-state index contributed by atoms with van der Waals surface area (Å²) in [5.74, 6) is 0.598. The molecule has 0 amide bonds. The standard InChI is InChI=1S/C15H23F2NO/c1-11(2)8-12-4-3-5-13(9-12)14(18)6-7-19-10-15(16)17/h3-5,9,11,14-15H,6-8,10,18H2,1-2H3. The molecule has 4 heteroatoms. The topological polar surface area (TPSA) is 35.2 Å². The molecule has 0 saturated heterocycles. The minimum absolute atomic E-state index is 0.162. The van der Waals surface area contributed by atoms with Crippen LogP contribution in [0, 0.1) is 5.92 Å². The lowest BCUT2D eigenvalue weighted by Crippen LogP contribution is -2.15. The molecule has 0 aliphatic rings. The van der Waals surface area contributed by atoms with Crippen LogP contribution < -0.4 is 5.73 Å². The van der Waals surface area contributed by atoms with Crippen molar-refractivity contribution in [3.8, 4) is 0 Å². The molecule has 1 aromatic carbocycles. The Labute approximate surface area is 114 Å². The van der Waals surface area contributed by atoms with E-state index in [2.05, 4.69) is 26.0 Å². The number of hydrogen-bond acceptors (Lipinski definition) is 2. The molecule has 0 spiro atoms. The molecule has 1 aromatic rings. The second-order valence-corrected chi connectivity index (χ2v) is 5.20. The summed E-state index contributed by atoms with van der Waals surface area (Å²) in [4.78, 5) is 0. The van der Waals surface area contributed by atoms with E-state index in [1.807, 2.05) is 12.1 Å². The highest BCUT2D eigenvalue weighted by Crippen LogP contribution is 2.17. The van der Waals surface area contributed by atoms with Gasteiger partial charge in [0.25, 0.3) is 6.43 Å². The summed E-state index contributed by atoms with van der Waals surface area (Å²) < 4.78 is 28.7. The van der Waals surface area contributed by atoms with E-state index in [0.717, 1.165) is 12.0 Å². The van der Waals surface area contributed by atoms with E-state index < -0.39 is 13.0 Å². The van der Waals surface area contributed by atoms with Crippen molar-refractivity contribution in [1.82, 2.24) is 0 Å². The van der Waals surface area contributed by atoms with Crippen molar-refractivity contribution in [2.75, 3.05) is 13.2 Å². The molecule has 1 atom stereocenters. The number of alkyl halides is 2. The Bertz CT molecular complexity index is 369. The maximum absolute atomic E-state index is 11.9. The Morgan fingerprint density at radius 2 is 2.00 bits per heavy atom. The van der Waals surface area contributed by atoms with Crippen LogP contribution in [0.1, 0.15) is 37.4 Å². The molecule has 0 fully saturated rings. The van der Waals surface area contributed by atoms with E-state index in [9.17, 15) is 8.78 Å². The summed E-state index contributed by atoms with van der Waals surface area (Å²) in [5.41, 5.74) is 8.35. The van der Waals surface area contributed by atoms with Crippen molar-refractivity contribution in [1.29, 1.82) is 0 Å². The van der Waals surface area contributed by atoms with Gasteiger partial charge in [0.2, 0.25) is 0 Å². The minimum Gasteiger partial charge on any atom is -0.375 e. The summed E-state index contributed by atoms with van der Waals surface area (Å²) in [6.45, 7) is 4.09. The summed E-state index contributed by atoms with van der Waals surface area (Å²) in [7, 11) is 0. The summed E-state index contributed by atoms with van der Waals surface area (Å²) in [6.07, 6.45) is -0.842. The number of benzene rings is 1. The first-order chi connectivity index (χ1) is 8.99. The largest absolute Gasteiger partial charge is 0.375 e. The van der Waals surface area contributed by atoms with Gasteiger partial charge < -0.3 is 10.5 Å². The fourth-order valence-electron chi connectivity index (χ4n) is 1.97. The Hall–Kier alpha value is -1.00. The first-order valence-electron chi connectivity index (χ1n) is 6.69. The normalized spacial score (nSPS) is 13.2. The van der Waals surface area contributed by atoms with Crippen LogP contribution in [0.15, 0.2) is 24.3 Å². The molecular weight excluding hydrogens is 248 g/mol. The lowest BCUT2D eigenvalue weighted by Gasteiger charge is -2.14. The van der Waals surface area contributed by atoms with Gasteiger partial charge in [-0.15, -0.1) is 0 Å². The third kappa shape index (κ3) is 6.64. The van der Waals surface area contributed by atoms with Crippen molar-refractivity contribution in [3.05, 3.63) is 35.4 Å². The minimum atomic E-state index is -2.41. The van der Waals surface area contributed by atoms with Crippen molar-refractivity contribution >= 4 is 0 Å². The third-order valence-corrected chi connectivity index (χ3v) is 2.84. The number of rotatable bonds is 8. The van der Waals surface area contributed by atoms with Gasteiger partial charge in [0.05, 0.1) is 0 Å². The van der Waals surface area contributed by atoms with Crippen LogP contribution in [-0.4, -0.2) is 19.6 Å². The predicted molar refractivity (Wildman–Crippen MR) is 73.4 cm³/mol. The smallest absolute Gasteiger partial charge is 0.261 e. The first-order valence-corrected chi connectivity index (χ1v) is 6.69. The Balaban J connectivity index is 2.45. The van der Waals surface area contributed by atoms with Crippen molar-refractivity contribution in [2.45, 2.75) is 39.2 Å². The zero-order chi connectivity index (χ0) is 14.3. The zero-order valence-electron chi connectivity index (χ0n) is 11.6. The molecule has 0 bridgehead atoms. The van der Waals surface area contributed by atoms with Gasteiger partial charge in [-0.05, 0) is 29.9 Å². The molecule has 0 aliphatic heterocycles. The summed E-state index contributed by atoms with van der Waals surface area (Å²) >= 11 is 0. The molecule has 1 rings (SSSR count). The van der Waals surface area contributed by atoms with Gasteiger partial charge in [0.15, 0.2) is 0 Å². The number of ether oxygens (including phenoxy) is 1. The van der Waals surface area contributed by atoms with Crippen LogP contribution in [0.4, 0.5) is 8.78 Å². The third-order valence-electron chi connectivity index (χ3n) is 2.84. The second-order valence-electron chi connectivity index (χ2n) is 5.20.